The molecule has 1 aromatic rings. The molecule has 1 aliphatic rings. The SMILES string of the molecule is CCNc1ccccc1C(=O)N(C)C1CCCCCC1. The van der Waals surface area contributed by atoms with Gasteiger partial charge in [-0.3, -0.25) is 4.79 Å². The number of anilines is 1. The zero-order valence-electron chi connectivity index (χ0n) is 12.7. The van der Waals surface area contributed by atoms with Gasteiger partial charge in [0, 0.05) is 25.3 Å². The van der Waals surface area contributed by atoms with E-state index < -0.39 is 0 Å². The minimum Gasteiger partial charge on any atom is -0.385 e. The third-order valence-electron chi connectivity index (χ3n) is 4.22. The molecule has 0 saturated heterocycles. The lowest BCUT2D eigenvalue weighted by molar-refractivity contribution is 0.0718. The largest absolute Gasteiger partial charge is 0.385 e. The van der Waals surface area contributed by atoms with E-state index in [2.05, 4.69) is 12.2 Å². The van der Waals surface area contributed by atoms with E-state index in [-0.39, 0.29) is 5.91 Å². The molecule has 0 heterocycles. The van der Waals surface area contributed by atoms with Crippen molar-refractivity contribution in [3.8, 4) is 0 Å². The van der Waals surface area contributed by atoms with Crippen molar-refractivity contribution < 1.29 is 4.79 Å². The van der Waals surface area contributed by atoms with E-state index in [9.17, 15) is 4.79 Å². The van der Waals surface area contributed by atoms with Gasteiger partial charge >= 0.3 is 0 Å². The van der Waals surface area contributed by atoms with Gasteiger partial charge < -0.3 is 10.2 Å². The molecule has 1 N–H and O–H groups in total. The van der Waals surface area contributed by atoms with Crippen LogP contribution < -0.4 is 5.32 Å². The maximum atomic E-state index is 12.7. The molecular weight excluding hydrogens is 248 g/mol. The molecule has 1 aliphatic carbocycles. The number of hydrogen-bond acceptors (Lipinski definition) is 2. The number of carbonyl (C=O) groups excluding carboxylic acids is 1. The van der Waals surface area contributed by atoms with Crippen LogP contribution in [0.4, 0.5) is 5.69 Å². The van der Waals surface area contributed by atoms with Crippen molar-refractivity contribution in [2.75, 3.05) is 18.9 Å². The zero-order valence-corrected chi connectivity index (χ0v) is 12.7. The molecule has 0 aromatic heterocycles. The van der Waals surface area contributed by atoms with Crippen molar-refractivity contribution in [1.29, 1.82) is 0 Å². The summed E-state index contributed by atoms with van der Waals surface area (Å²) in [6, 6.07) is 8.22. The summed E-state index contributed by atoms with van der Waals surface area (Å²) in [7, 11) is 1.96. The van der Waals surface area contributed by atoms with Crippen molar-refractivity contribution in [3.05, 3.63) is 29.8 Å². The van der Waals surface area contributed by atoms with Crippen LogP contribution in [0.5, 0.6) is 0 Å². The van der Waals surface area contributed by atoms with Gasteiger partial charge in [0.05, 0.1) is 5.56 Å². The van der Waals surface area contributed by atoms with Crippen LogP contribution >= 0.6 is 0 Å². The standard InChI is InChI=1S/C17H26N2O/c1-3-18-16-13-9-8-12-15(16)17(20)19(2)14-10-6-4-5-7-11-14/h8-9,12-14,18H,3-7,10-11H2,1-2H3. The van der Waals surface area contributed by atoms with Gasteiger partial charge in [-0.25, -0.2) is 0 Å². The van der Waals surface area contributed by atoms with Gasteiger partial charge in [-0.1, -0.05) is 37.8 Å². The summed E-state index contributed by atoms with van der Waals surface area (Å²) in [5.74, 6) is 0.147. The number of benzene rings is 1. The van der Waals surface area contributed by atoms with Crippen LogP contribution in [0.15, 0.2) is 24.3 Å². The first-order valence-corrected chi connectivity index (χ1v) is 7.84. The highest BCUT2D eigenvalue weighted by atomic mass is 16.2. The molecule has 0 aliphatic heterocycles. The summed E-state index contributed by atoms with van der Waals surface area (Å²) in [4.78, 5) is 14.7. The maximum absolute atomic E-state index is 12.7. The Bertz CT molecular complexity index is 436. The lowest BCUT2D eigenvalue weighted by Crippen LogP contribution is -2.37. The normalized spacial score (nSPS) is 16.5. The second kappa shape index (κ2) is 7.32. The molecule has 0 radical (unpaired) electrons. The van der Waals surface area contributed by atoms with Crippen molar-refractivity contribution >= 4 is 11.6 Å². The van der Waals surface area contributed by atoms with E-state index in [0.717, 1.165) is 30.6 Å². The summed E-state index contributed by atoms with van der Waals surface area (Å²) in [6.07, 6.45) is 7.41. The predicted molar refractivity (Wildman–Crippen MR) is 84.2 cm³/mol. The van der Waals surface area contributed by atoms with Crippen LogP contribution in [0.1, 0.15) is 55.8 Å². The topological polar surface area (TPSA) is 32.3 Å². The van der Waals surface area contributed by atoms with Gasteiger partial charge in [-0.15, -0.1) is 0 Å². The van der Waals surface area contributed by atoms with Gasteiger partial charge in [0.25, 0.3) is 5.91 Å². The molecule has 1 fully saturated rings. The maximum Gasteiger partial charge on any atom is 0.255 e. The molecular formula is C17H26N2O. The number of nitrogens with zero attached hydrogens (tertiary/aromatic N) is 1. The number of carbonyl (C=O) groups is 1. The Kier molecular flexibility index (Phi) is 5.45. The van der Waals surface area contributed by atoms with E-state index in [1.54, 1.807) is 0 Å². The molecule has 20 heavy (non-hydrogen) atoms. The van der Waals surface area contributed by atoms with Crippen LogP contribution in [0.2, 0.25) is 0 Å². The van der Waals surface area contributed by atoms with Gasteiger partial charge in [-0.05, 0) is 31.9 Å². The number of para-hydroxylation sites is 1. The van der Waals surface area contributed by atoms with Crippen molar-refractivity contribution in [2.24, 2.45) is 0 Å². The molecule has 0 bridgehead atoms. The van der Waals surface area contributed by atoms with Gasteiger partial charge in [-0.2, -0.15) is 0 Å². The Morgan fingerprint density at radius 1 is 1.20 bits per heavy atom. The smallest absolute Gasteiger partial charge is 0.255 e. The molecule has 3 heteroatoms. The third kappa shape index (κ3) is 3.53. The first kappa shape index (κ1) is 14.9. The molecule has 0 atom stereocenters. The number of hydrogen-bond donors (Lipinski definition) is 1. The number of amides is 1. The third-order valence-corrected chi connectivity index (χ3v) is 4.22. The Labute approximate surface area is 122 Å². The summed E-state index contributed by atoms with van der Waals surface area (Å²) >= 11 is 0. The zero-order chi connectivity index (χ0) is 14.4. The molecule has 2 rings (SSSR count). The fourth-order valence-electron chi connectivity index (χ4n) is 3.02. The highest BCUT2D eigenvalue weighted by Crippen LogP contribution is 2.24. The summed E-state index contributed by atoms with van der Waals surface area (Å²) in [6.45, 7) is 2.88. The van der Waals surface area contributed by atoms with Gasteiger partial charge in [0.1, 0.15) is 0 Å². The highest BCUT2D eigenvalue weighted by Gasteiger charge is 2.23. The van der Waals surface area contributed by atoms with Gasteiger partial charge in [0.15, 0.2) is 0 Å². The van der Waals surface area contributed by atoms with Crippen LogP contribution in [-0.4, -0.2) is 30.4 Å². The summed E-state index contributed by atoms with van der Waals surface area (Å²) in [5.41, 5.74) is 1.74. The lowest BCUT2D eigenvalue weighted by atomic mass is 10.1. The Morgan fingerprint density at radius 2 is 1.85 bits per heavy atom. The average Bonchev–Trinajstić information content (AvgIpc) is 2.76. The second-order valence-corrected chi connectivity index (χ2v) is 5.64. The quantitative estimate of drug-likeness (QED) is 0.844. The van der Waals surface area contributed by atoms with Crippen LogP contribution in [-0.2, 0) is 0 Å². The van der Waals surface area contributed by atoms with Gasteiger partial charge in [0.2, 0.25) is 0 Å². The van der Waals surface area contributed by atoms with Crippen LogP contribution in [0.3, 0.4) is 0 Å². The fourth-order valence-corrected chi connectivity index (χ4v) is 3.02. The lowest BCUT2D eigenvalue weighted by Gasteiger charge is -2.28. The van der Waals surface area contributed by atoms with E-state index in [1.807, 2.05) is 36.2 Å². The number of nitrogens with one attached hydrogen (secondary N) is 1. The molecule has 0 spiro atoms. The summed E-state index contributed by atoms with van der Waals surface area (Å²) in [5, 5.41) is 3.28. The van der Waals surface area contributed by atoms with E-state index >= 15 is 0 Å². The van der Waals surface area contributed by atoms with Crippen LogP contribution in [0.25, 0.3) is 0 Å². The molecule has 3 nitrogen and oxygen atoms in total. The van der Waals surface area contributed by atoms with E-state index in [0.29, 0.717) is 6.04 Å². The van der Waals surface area contributed by atoms with Crippen LogP contribution in [0, 0.1) is 0 Å². The molecule has 0 unspecified atom stereocenters. The van der Waals surface area contributed by atoms with Crippen molar-refractivity contribution in [3.63, 3.8) is 0 Å². The van der Waals surface area contributed by atoms with E-state index in [4.69, 9.17) is 0 Å². The fraction of sp³-hybridized carbons (Fsp3) is 0.588. The molecule has 110 valence electrons. The molecule has 1 amide bonds. The minimum atomic E-state index is 0.147. The minimum absolute atomic E-state index is 0.147. The highest BCUT2D eigenvalue weighted by molar-refractivity contribution is 5.99. The summed E-state index contributed by atoms with van der Waals surface area (Å²) < 4.78 is 0. The van der Waals surface area contributed by atoms with Crippen molar-refractivity contribution in [2.45, 2.75) is 51.5 Å². The van der Waals surface area contributed by atoms with Crippen molar-refractivity contribution in [1.82, 2.24) is 4.90 Å². The average molecular weight is 274 g/mol. The first-order chi connectivity index (χ1) is 9.74. The molecule has 1 saturated carbocycles. The second-order valence-electron chi connectivity index (χ2n) is 5.64. The Hall–Kier alpha value is -1.51. The van der Waals surface area contributed by atoms with E-state index in [1.165, 1.54) is 25.7 Å². The predicted octanol–water partition coefficient (Wildman–Crippen LogP) is 3.91. The Balaban J connectivity index is 2.13. The Morgan fingerprint density at radius 3 is 2.50 bits per heavy atom. The monoisotopic (exact) mass is 274 g/mol. The number of rotatable bonds is 4. The first-order valence-electron chi connectivity index (χ1n) is 7.84. The molecule has 1 aromatic carbocycles.